The summed E-state index contributed by atoms with van der Waals surface area (Å²) in [6, 6.07) is 3.65. The van der Waals surface area contributed by atoms with Crippen molar-refractivity contribution in [2.75, 3.05) is 11.9 Å². The van der Waals surface area contributed by atoms with Gasteiger partial charge in [-0.25, -0.2) is 8.78 Å². The average Bonchev–Trinajstić information content (AvgIpc) is 2.31. The predicted octanol–water partition coefficient (Wildman–Crippen LogP) is 3.74. The molecule has 5 heteroatoms. The first-order valence-electron chi connectivity index (χ1n) is 6.46. The highest BCUT2D eigenvalue weighted by atomic mass is 79.9. The van der Waals surface area contributed by atoms with Crippen LogP contribution in [0.3, 0.4) is 0 Å². The van der Waals surface area contributed by atoms with E-state index < -0.39 is 23.1 Å². The number of carbonyl (C=O) groups is 1. The fraction of sp³-hybridized carbons (Fsp3) is 0.500. The topological polar surface area (TPSA) is 20.3 Å². The number of rotatable bonds is 5. The van der Waals surface area contributed by atoms with Crippen LogP contribution in [0.1, 0.15) is 36.0 Å². The molecule has 1 aromatic carbocycles. The maximum Gasteiger partial charge on any atom is 0.260 e. The van der Waals surface area contributed by atoms with E-state index in [1.807, 2.05) is 0 Å². The Hall–Kier alpha value is -0.970. The molecular formula is C14H16BrF2NO. The molecule has 0 aliphatic heterocycles. The van der Waals surface area contributed by atoms with Gasteiger partial charge in [-0.1, -0.05) is 22.0 Å². The van der Waals surface area contributed by atoms with E-state index >= 15 is 0 Å². The SMILES string of the molecule is O=C(c1c(F)cccc1F)N(CCCBr)C1CCC1. The van der Waals surface area contributed by atoms with Crippen molar-refractivity contribution in [2.45, 2.75) is 31.7 Å². The summed E-state index contributed by atoms with van der Waals surface area (Å²) in [7, 11) is 0. The summed E-state index contributed by atoms with van der Waals surface area (Å²) in [5.74, 6) is -2.09. The zero-order chi connectivity index (χ0) is 13.8. The van der Waals surface area contributed by atoms with Crippen molar-refractivity contribution in [3.63, 3.8) is 0 Å². The molecule has 1 aromatic rings. The molecule has 2 nitrogen and oxygen atoms in total. The molecule has 1 fully saturated rings. The van der Waals surface area contributed by atoms with Gasteiger partial charge in [-0.15, -0.1) is 0 Å². The first kappa shape index (κ1) is 14.4. The lowest BCUT2D eigenvalue weighted by Crippen LogP contribution is -2.45. The van der Waals surface area contributed by atoms with Crippen LogP contribution in [0, 0.1) is 11.6 Å². The summed E-state index contributed by atoms with van der Waals surface area (Å²) in [5.41, 5.74) is -0.427. The van der Waals surface area contributed by atoms with Gasteiger partial charge in [-0.3, -0.25) is 4.79 Å². The Labute approximate surface area is 119 Å². The Bertz CT molecular complexity index is 443. The lowest BCUT2D eigenvalue weighted by atomic mass is 9.90. The number of hydrogen-bond acceptors (Lipinski definition) is 1. The molecule has 0 heterocycles. The Balaban J connectivity index is 2.22. The lowest BCUT2D eigenvalue weighted by molar-refractivity contribution is 0.0571. The standard InChI is InChI=1S/C14H16BrF2NO/c15-8-3-9-18(10-4-1-5-10)14(19)13-11(16)6-2-7-12(13)17/h2,6-7,10H,1,3-5,8-9H2. The lowest BCUT2D eigenvalue weighted by Gasteiger charge is -2.37. The minimum atomic E-state index is -0.784. The van der Waals surface area contributed by atoms with Gasteiger partial charge in [-0.05, 0) is 37.8 Å². The van der Waals surface area contributed by atoms with Crippen LogP contribution in [0.15, 0.2) is 18.2 Å². The van der Waals surface area contributed by atoms with Crippen molar-refractivity contribution < 1.29 is 13.6 Å². The molecule has 1 saturated carbocycles. The maximum atomic E-state index is 13.7. The van der Waals surface area contributed by atoms with Crippen molar-refractivity contribution in [3.05, 3.63) is 35.4 Å². The van der Waals surface area contributed by atoms with Crippen LogP contribution in [-0.2, 0) is 0 Å². The minimum absolute atomic E-state index is 0.130. The second-order valence-corrected chi connectivity index (χ2v) is 5.52. The summed E-state index contributed by atoms with van der Waals surface area (Å²) in [6.45, 7) is 0.530. The fourth-order valence-corrected chi connectivity index (χ4v) is 2.47. The Kier molecular flexibility index (Phi) is 4.91. The molecular weight excluding hydrogens is 316 g/mol. The molecule has 0 saturated heterocycles. The summed E-state index contributed by atoms with van der Waals surface area (Å²) in [4.78, 5) is 14.0. The van der Waals surface area contributed by atoms with Crippen molar-refractivity contribution in [1.29, 1.82) is 0 Å². The average molecular weight is 332 g/mol. The monoisotopic (exact) mass is 331 g/mol. The quantitative estimate of drug-likeness (QED) is 0.752. The summed E-state index contributed by atoms with van der Waals surface area (Å²) >= 11 is 3.32. The van der Waals surface area contributed by atoms with Crippen LogP contribution in [0.2, 0.25) is 0 Å². The second-order valence-electron chi connectivity index (χ2n) is 4.72. The number of amides is 1. The van der Waals surface area contributed by atoms with Gasteiger partial charge in [-0.2, -0.15) is 0 Å². The number of alkyl halides is 1. The molecule has 0 atom stereocenters. The first-order valence-corrected chi connectivity index (χ1v) is 7.58. The molecule has 2 rings (SSSR count). The number of benzene rings is 1. The Morgan fingerprint density at radius 3 is 2.42 bits per heavy atom. The Morgan fingerprint density at radius 1 is 1.32 bits per heavy atom. The van der Waals surface area contributed by atoms with Gasteiger partial charge in [0.25, 0.3) is 5.91 Å². The smallest absolute Gasteiger partial charge is 0.260 e. The molecule has 1 amide bonds. The van der Waals surface area contributed by atoms with E-state index in [-0.39, 0.29) is 6.04 Å². The Morgan fingerprint density at radius 2 is 1.95 bits per heavy atom. The van der Waals surface area contributed by atoms with Gasteiger partial charge in [0.2, 0.25) is 0 Å². The molecule has 104 valence electrons. The third kappa shape index (κ3) is 3.14. The molecule has 1 aliphatic carbocycles. The van der Waals surface area contributed by atoms with Crippen molar-refractivity contribution >= 4 is 21.8 Å². The van der Waals surface area contributed by atoms with Crippen LogP contribution < -0.4 is 0 Å². The highest BCUT2D eigenvalue weighted by molar-refractivity contribution is 9.09. The zero-order valence-electron chi connectivity index (χ0n) is 10.5. The third-order valence-electron chi connectivity index (χ3n) is 3.49. The highest BCUT2D eigenvalue weighted by Gasteiger charge is 2.31. The number of nitrogens with zero attached hydrogens (tertiary/aromatic N) is 1. The summed E-state index contributed by atoms with van der Waals surface area (Å²) in [6.07, 6.45) is 3.69. The van der Waals surface area contributed by atoms with E-state index in [0.29, 0.717) is 6.54 Å². The van der Waals surface area contributed by atoms with Gasteiger partial charge in [0.1, 0.15) is 17.2 Å². The van der Waals surface area contributed by atoms with Crippen molar-refractivity contribution in [1.82, 2.24) is 4.90 Å². The predicted molar refractivity (Wildman–Crippen MR) is 73.4 cm³/mol. The van der Waals surface area contributed by atoms with E-state index in [0.717, 1.165) is 43.1 Å². The number of hydrogen-bond donors (Lipinski definition) is 0. The van der Waals surface area contributed by atoms with Gasteiger partial charge in [0.05, 0.1) is 0 Å². The van der Waals surface area contributed by atoms with Gasteiger partial charge in [0, 0.05) is 17.9 Å². The van der Waals surface area contributed by atoms with E-state index in [1.54, 1.807) is 4.90 Å². The maximum absolute atomic E-state index is 13.7. The minimum Gasteiger partial charge on any atom is -0.335 e. The molecule has 1 aliphatic rings. The molecule has 0 unspecified atom stereocenters. The zero-order valence-corrected chi connectivity index (χ0v) is 12.1. The van der Waals surface area contributed by atoms with Gasteiger partial charge < -0.3 is 4.90 Å². The molecule has 19 heavy (non-hydrogen) atoms. The van der Waals surface area contributed by atoms with E-state index in [1.165, 1.54) is 6.07 Å². The largest absolute Gasteiger partial charge is 0.335 e. The van der Waals surface area contributed by atoms with Gasteiger partial charge in [0.15, 0.2) is 0 Å². The fourth-order valence-electron chi connectivity index (χ4n) is 2.22. The molecule has 0 bridgehead atoms. The van der Waals surface area contributed by atoms with Crippen LogP contribution in [0.5, 0.6) is 0 Å². The molecule has 0 N–H and O–H groups in total. The number of carbonyl (C=O) groups excluding carboxylic acids is 1. The molecule has 0 aromatic heterocycles. The molecule has 0 radical (unpaired) electrons. The van der Waals surface area contributed by atoms with Crippen LogP contribution in [-0.4, -0.2) is 28.7 Å². The van der Waals surface area contributed by atoms with Gasteiger partial charge >= 0.3 is 0 Å². The van der Waals surface area contributed by atoms with E-state index in [9.17, 15) is 13.6 Å². The van der Waals surface area contributed by atoms with E-state index in [4.69, 9.17) is 0 Å². The van der Waals surface area contributed by atoms with Crippen molar-refractivity contribution in [2.24, 2.45) is 0 Å². The van der Waals surface area contributed by atoms with E-state index in [2.05, 4.69) is 15.9 Å². The van der Waals surface area contributed by atoms with Crippen molar-refractivity contribution in [3.8, 4) is 0 Å². The third-order valence-corrected chi connectivity index (χ3v) is 4.05. The highest BCUT2D eigenvalue weighted by Crippen LogP contribution is 2.27. The molecule has 0 spiro atoms. The first-order chi connectivity index (χ1) is 9.15. The van der Waals surface area contributed by atoms with Crippen LogP contribution in [0.25, 0.3) is 0 Å². The second kappa shape index (κ2) is 6.46. The van der Waals surface area contributed by atoms with Crippen LogP contribution in [0.4, 0.5) is 8.78 Å². The normalized spacial score (nSPS) is 15.1. The number of halogens is 3. The summed E-state index contributed by atoms with van der Waals surface area (Å²) in [5, 5.41) is 0.767. The summed E-state index contributed by atoms with van der Waals surface area (Å²) < 4.78 is 27.3. The van der Waals surface area contributed by atoms with Crippen LogP contribution >= 0.6 is 15.9 Å².